The Morgan fingerprint density at radius 1 is 0.783 bits per heavy atom. The normalized spacial score (nSPS) is 11.3. The minimum atomic E-state index is 1.10. The maximum absolute atomic E-state index is 3.35. The van der Waals surface area contributed by atoms with Crippen LogP contribution in [-0.4, -0.2) is 43.6 Å². The number of aromatic amines is 1. The summed E-state index contributed by atoms with van der Waals surface area (Å²) in [4.78, 5) is 8.10. The Kier molecular flexibility index (Phi) is 11.8. The summed E-state index contributed by atoms with van der Waals surface area (Å²) in [5, 5.41) is 0. The van der Waals surface area contributed by atoms with Crippen LogP contribution in [0.4, 0.5) is 5.82 Å². The maximum atomic E-state index is 3.35. The minimum Gasteiger partial charge on any atom is -0.357 e. The standard InChI is InChI=1S/C20H39N3/c1-4-5-6-7-8-9-10-11-12-13-17-23(19-18-22(2)3)20-15-14-16-21-20/h14-16,21H,4-13,17-19H2,1-3H3. The Hall–Kier alpha value is -0.960. The second-order valence-corrected chi connectivity index (χ2v) is 7.03. The number of rotatable bonds is 15. The average Bonchev–Trinajstić information content (AvgIpc) is 3.06. The molecule has 0 unspecified atom stereocenters. The van der Waals surface area contributed by atoms with E-state index in [2.05, 4.69) is 47.9 Å². The minimum absolute atomic E-state index is 1.10. The van der Waals surface area contributed by atoms with Crippen molar-refractivity contribution in [2.75, 3.05) is 38.6 Å². The Morgan fingerprint density at radius 2 is 1.39 bits per heavy atom. The summed E-state index contributed by atoms with van der Waals surface area (Å²) in [6, 6.07) is 4.28. The van der Waals surface area contributed by atoms with Gasteiger partial charge in [-0.2, -0.15) is 0 Å². The summed E-state index contributed by atoms with van der Waals surface area (Å²) in [6.45, 7) is 5.67. The highest BCUT2D eigenvalue weighted by Gasteiger charge is 2.07. The first kappa shape index (κ1) is 20.1. The summed E-state index contributed by atoms with van der Waals surface area (Å²) in [6.07, 6.45) is 16.1. The summed E-state index contributed by atoms with van der Waals surface area (Å²) >= 11 is 0. The van der Waals surface area contributed by atoms with Crippen LogP contribution in [0.1, 0.15) is 71.1 Å². The molecule has 1 heterocycles. The van der Waals surface area contributed by atoms with Crippen LogP contribution in [-0.2, 0) is 0 Å². The van der Waals surface area contributed by atoms with Gasteiger partial charge < -0.3 is 14.8 Å². The third kappa shape index (κ3) is 10.4. The molecule has 0 aliphatic rings. The largest absolute Gasteiger partial charge is 0.357 e. The van der Waals surface area contributed by atoms with E-state index in [4.69, 9.17) is 0 Å². The molecule has 1 aromatic heterocycles. The van der Waals surface area contributed by atoms with E-state index in [0.717, 1.165) is 13.1 Å². The van der Waals surface area contributed by atoms with Crippen LogP contribution in [0.2, 0.25) is 0 Å². The maximum Gasteiger partial charge on any atom is 0.105 e. The predicted octanol–water partition coefficient (Wildman–Crippen LogP) is 5.30. The molecule has 0 saturated carbocycles. The summed E-state index contributed by atoms with van der Waals surface area (Å²) in [5.74, 6) is 1.27. The van der Waals surface area contributed by atoms with Crippen LogP contribution in [0, 0.1) is 0 Å². The van der Waals surface area contributed by atoms with Crippen LogP contribution >= 0.6 is 0 Å². The van der Waals surface area contributed by atoms with Crippen molar-refractivity contribution < 1.29 is 0 Å². The molecule has 134 valence electrons. The fraction of sp³-hybridized carbons (Fsp3) is 0.800. The van der Waals surface area contributed by atoms with Gasteiger partial charge in [0.1, 0.15) is 5.82 Å². The van der Waals surface area contributed by atoms with Crippen molar-refractivity contribution in [2.24, 2.45) is 0 Å². The number of hydrogen-bond donors (Lipinski definition) is 1. The first-order chi connectivity index (χ1) is 11.2. The Bertz CT molecular complexity index is 346. The van der Waals surface area contributed by atoms with Gasteiger partial charge in [-0.1, -0.05) is 64.7 Å². The highest BCUT2D eigenvalue weighted by molar-refractivity contribution is 5.38. The van der Waals surface area contributed by atoms with E-state index in [9.17, 15) is 0 Å². The second-order valence-electron chi connectivity index (χ2n) is 7.03. The van der Waals surface area contributed by atoms with Crippen molar-refractivity contribution in [3.8, 4) is 0 Å². The van der Waals surface area contributed by atoms with Crippen molar-refractivity contribution in [1.29, 1.82) is 0 Å². The monoisotopic (exact) mass is 321 g/mol. The van der Waals surface area contributed by atoms with E-state index in [1.165, 1.54) is 76.6 Å². The van der Waals surface area contributed by atoms with Crippen LogP contribution < -0.4 is 4.90 Å². The van der Waals surface area contributed by atoms with Gasteiger partial charge in [0.05, 0.1) is 0 Å². The third-order valence-corrected chi connectivity index (χ3v) is 4.52. The lowest BCUT2D eigenvalue weighted by atomic mass is 10.1. The van der Waals surface area contributed by atoms with Gasteiger partial charge in [-0.05, 0) is 32.6 Å². The molecule has 0 aliphatic carbocycles. The van der Waals surface area contributed by atoms with Crippen LogP contribution in [0.3, 0.4) is 0 Å². The number of unbranched alkanes of at least 4 members (excludes halogenated alkanes) is 9. The molecule has 0 aromatic carbocycles. The van der Waals surface area contributed by atoms with E-state index in [1.807, 2.05) is 6.20 Å². The van der Waals surface area contributed by atoms with E-state index in [0.29, 0.717) is 0 Å². The molecule has 0 radical (unpaired) electrons. The van der Waals surface area contributed by atoms with E-state index < -0.39 is 0 Å². The first-order valence-corrected chi connectivity index (χ1v) is 9.77. The van der Waals surface area contributed by atoms with Crippen LogP contribution in [0.5, 0.6) is 0 Å². The van der Waals surface area contributed by atoms with Gasteiger partial charge in [0.2, 0.25) is 0 Å². The molecular formula is C20H39N3. The molecule has 0 atom stereocenters. The summed E-state index contributed by atoms with van der Waals surface area (Å²) < 4.78 is 0. The lowest BCUT2D eigenvalue weighted by molar-refractivity contribution is 0.411. The highest BCUT2D eigenvalue weighted by Crippen LogP contribution is 2.14. The molecule has 0 amide bonds. The van der Waals surface area contributed by atoms with Gasteiger partial charge in [0.25, 0.3) is 0 Å². The fourth-order valence-electron chi connectivity index (χ4n) is 2.98. The zero-order valence-corrected chi connectivity index (χ0v) is 15.8. The predicted molar refractivity (Wildman–Crippen MR) is 103 cm³/mol. The van der Waals surface area contributed by atoms with E-state index >= 15 is 0 Å². The van der Waals surface area contributed by atoms with Crippen molar-refractivity contribution in [3.63, 3.8) is 0 Å². The SMILES string of the molecule is CCCCCCCCCCCCN(CCN(C)C)c1ccc[nH]1. The smallest absolute Gasteiger partial charge is 0.105 e. The third-order valence-electron chi connectivity index (χ3n) is 4.52. The number of aromatic nitrogens is 1. The Labute approximate surface area is 144 Å². The van der Waals surface area contributed by atoms with Gasteiger partial charge in [0.15, 0.2) is 0 Å². The Balaban J connectivity index is 2.06. The highest BCUT2D eigenvalue weighted by atomic mass is 15.2. The van der Waals surface area contributed by atoms with Crippen LogP contribution in [0.15, 0.2) is 18.3 Å². The first-order valence-electron chi connectivity index (χ1n) is 9.77. The summed E-state index contributed by atoms with van der Waals surface area (Å²) in [5.41, 5.74) is 0. The number of H-pyrrole nitrogens is 1. The molecule has 1 N–H and O–H groups in total. The molecule has 0 saturated heterocycles. The van der Waals surface area contributed by atoms with Crippen molar-refractivity contribution >= 4 is 5.82 Å². The lowest BCUT2D eigenvalue weighted by Crippen LogP contribution is -2.32. The quantitative estimate of drug-likeness (QED) is 0.443. The second kappa shape index (κ2) is 13.5. The number of anilines is 1. The number of likely N-dealkylation sites (N-methyl/N-ethyl adjacent to an activating group) is 1. The number of nitrogens with zero attached hydrogens (tertiary/aromatic N) is 2. The number of hydrogen-bond acceptors (Lipinski definition) is 2. The van der Waals surface area contributed by atoms with Gasteiger partial charge in [0, 0.05) is 25.8 Å². The molecular weight excluding hydrogens is 282 g/mol. The Morgan fingerprint density at radius 3 is 1.91 bits per heavy atom. The van der Waals surface area contributed by atoms with Gasteiger partial charge in [-0.25, -0.2) is 0 Å². The molecule has 0 spiro atoms. The molecule has 1 aromatic rings. The lowest BCUT2D eigenvalue weighted by Gasteiger charge is -2.25. The molecule has 3 heteroatoms. The average molecular weight is 322 g/mol. The zero-order chi connectivity index (χ0) is 16.8. The van der Waals surface area contributed by atoms with E-state index in [-0.39, 0.29) is 0 Å². The van der Waals surface area contributed by atoms with Crippen molar-refractivity contribution in [2.45, 2.75) is 71.1 Å². The molecule has 3 nitrogen and oxygen atoms in total. The molecule has 0 bridgehead atoms. The van der Waals surface area contributed by atoms with Gasteiger partial charge >= 0.3 is 0 Å². The van der Waals surface area contributed by atoms with Gasteiger partial charge in [-0.3, -0.25) is 0 Å². The number of nitrogens with one attached hydrogen (secondary N) is 1. The van der Waals surface area contributed by atoms with Crippen LogP contribution in [0.25, 0.3) is 0 Å². The van der Waals surface area contributed by atoms with Gasteiger partial charge in [-0.15, -0.1) is 0 Å². The zero-order valence-electron chi connectivity index (χ0n) is 15.8. The molecule has 23 heavy (non-hydrogen) atoms. The fourth-order valence-corrected chi connectivity index (χ4v) is 2.98. The van der Waals surface area contributed by atoms with Crippen molar-refractivity contribution in [3.05, 3.63) is 18.3 Å². The topological polar surface area (TPSA) is 22.3 Å². The van der Waals surface area contributed by atoms with E-state index in [1.54, 1.807) is 0 Å². The molecule has 1 rings (SSSR count). The molecule has 0 fully saturated rings. The molecule has 0 aliphatic heterocycles. The van der Waals surface area contributed by atoms with Crippen molar-refractivity contribution in [1.82, 2.24) is 9.88 Å². The summed E-state index contributed by atoms with van der Waals surface area (Å²) in [7, 11) is 4.29.